The van der Waals surface area contributed by atoms with E-state index in [0.717, 1.165) is 19.4 Å². The van der Waals surface area contributed by atoms with Crippen LogP contribution in [-0.2, 0) is 4.79 Å². The van der Waals surface area contributed by atoms with Crippen LogP contribution in [0.4, 0.5) is 11.4 Å². The van der Waals surface area contributed by atoms with E-state index in [0.29, 0.717) is 17.9 Å². The molecule has 2 heterocycles. The number of aromatic carboxylic acids is 1. The lowest BCUT2D eigenvalue weighted by atomic mass is 9.90. The lowest BCUT2D eigenvalue weighted by molar-refractivity contribution is -0.122. The molecular weight excluding hydrogens is 258 g/mol. The third-order valence-electron chi connectivity index (χ3n) is 4.16. The molecule has 6 heteroatoms. The van der Waals surface area contributed by atoms with Crippen molar-refractivity contribution in [3.05, 3.63) is 23.8 Å². The summed E-state index contributed by atoms with van der Waals surface area (Å²) in [4.78, 5) is 25.2. The van der Waals surface area contributed by atoms with Crippen molar-refractivity contribution in [2.24, 2.45) is 5.92 Å². The summed E-state index contributed by atoms with van der Waals surface area (Å²) in [6.45, 7) is 1.34. The van der Waals surface area contributed by atoms with Crippen LogP contribution in [0.2, 0.25) is 0 Å². The summed E-state index contributed by atoms with van der Waals surface area (Å²) in [6, 6.07) is 4.96. The standard InChI is InChI=1S/C14H17N3O3/c15-8-3-4-11(10(6-8)14(19)20)17-5-1-2-9-12(17)7-16-13(9)18/h3-4,6,9,12H,1-2,5,7,15H2,(H,16,18)(H,19,20). The Labute approximate surface area is 116 Å². The average molecular weight is 275 g/mol. The van der Waals surface area contributed by atoms with E-state index in [2.05, 4.69) is 5.32 Å². The van der Waals surface area contributed by atoms with E-state index in [9.17, 15) is 14.7 Å². The minimum Gasteiger partial charge on any atom is -0.478 e. The minimum absolute atomic E-state index is 0.0389. The van der Waals surface area contributed by atoms with Crippen LogP contribution in [-0.4, -0.2) is 36.1 Å². The van der Waals surface area contributed by atoms with Crippen LogP contribution in [0.5, 0.6) is 0 Å². The first kappa shape index (κ1) is 12.8. The number of nitrogens with two attached hydrogens (primary N) is 1. The van der Waals surface area contributed by atoms with Crippen LogP contribution in [0.25, 0.3) is 0 Å². The number of carbonyl (C=O) groups is 2. The van der Waals surface area contributed by atoms with Gasteiger partial charge >= 0.3 is 5.97 Å². The Kier molecular flexibility index (Phi) is 3.00. The van der Waals surface area contributed by atoms with Gasteiger partial charge in [0.1, 0.15) is 0 Å². The number of piperidine rings is 1. The van der Waals surface area contributed by atoms with Crippen molar-refractivity contribution in [1.82, 2.24) is 5.32 Å². The van der Waals surface area contributed by atoms with E-state index >= 15 is 0 Å². The topological polar surface area (TPSA) is 95.7 Å². The number of anilines is 2. The van der Waals surface area contributed by atoms with Crippen molar-refractivity contribution in [1.29, 1.82) is 0 Å². The number of hydrogen-bond acceptors (Lipinski definition) is 4. The smallest absolute Gasteiger partial charge is 0.337 e. The number of carboxylic acids is 1. The Morgan fingerprint density at radius 2 is 2.25 bits per heavy atom. The molecule has 0 saturated carbocycles. The molecule has 0 aromatic heterocycles. The lowest BCUT2D eigenvalue weighted by Crippen LogP contribution is -2.46. The lowest BCUT2D eigenvalue weighted by Gasteiger charge is -2.38. The van der Waals surface area contributed by atoms with Gasteiger partial charge in [-0.15, -0.1) is 0 Å². The predicted molar refractivity (Wildman–Crippen MR) is 74.7 cm³/mol. The van der Waals surface area contributed by atoms with Gasteiger partial charge in [-0.25, -0.2) is 4.79 Å². The molecule has 1 aromatic rings. The number of amides is 1. The van der Waals surface area contributed by atoms with Crippen molar-refractivity contribution in [2.75, 3.05) is 23.7 Å². The summed E-state index contributed by atoms with van der Waals surface area (Å²) < 4.78 is 0. The molecule has 2 atom stereocenters. The third kappa shape index (κ3) is 1.97. The first-order valence-corrected chi connectivity index (χ1v) is 6.75. The van der Waals surface area contributed by atoms with Crippen LogP contribution in [0.15, 0.2) is 18.2 Å². The van der Waals surface area contributed by atoms with Gasteiger partial charge in [-0.3, -0.25) is 4.79 Å². The van der Waals surface area contributed by atoms with Crippen molar-refractivity contribution in [2.45, 2.75) is 18.9 Å². The maximum absolute atomic E-state index is 11.8. The number of hydrogen-bond donors (Lipinski definition) is 3. The predicted octanol–water partition coefficient (Wildman–Crippen LogP) is 0.682. The largest absolute Gasteiger partial charge is 0.478 e. The van der Waals surface area contributed by atoms with E-state index in [4.69, 9.17) is 5.73 Å². The molecule has 2 fully saturated rings. The van der Waals surface area contributed by atoms with Gasteiger partial charge < -0.3 is 21.1 Å². The quantitative estimate of drug-likeness (QED) is 0.690. The molecule has 6 nitrogen and oxygen atoms in total. The number of nitrogen functional groups attached to an aromatic ring is 1. The van der Waals surface area contributed by atoms with Crippen molar-refractivity contribution >= 4 is 23.3 Å². The second-order valence-corrected chi connectivity index (χ2v) is 5.34. The number of fused-ring (bicyclic) bond motifs is 1. The zero-order valence-corrected chi connectivity index (χ0v) is 11.0. The zero-order valence-electron chi connectivity index (χ0n) is 11.0. The summed E-state index contributed by atoms with van der Waals surface area (Å²) in [5.74, 6) is -0.957. The number of carboxylic acid groups (broad SMARTS) is 1. The molecule has 106 valence electrons. The maximum Gasteiger partial charge on any atom is 0.337 e. The highest BCUT2D eigenvalue weighted by atomic mass is 16.4. The van der Waals surface area contributed by atoms with Gasteiger partial charge in [-0.2, -0.15) is 0 Å². The number of rotatable bonds is 2. The Morgan fingerprint density at radius 3 is 3.00 bits per heavy atom. The molecule has 2 aliphatic rings. The first-order valence-electron chi connectivity index (χ1n) is 6.75. The summed E-state index contributed by atoms with van der Waals surface area (Å²) in [5, 5.41) is 12.2. The summed E-state index contributed by atoms with van der Waals surface area (Å²) in [5.41, 5.74) is 6.96. The molecule has 2 aliphatic heterocycles. The molecule has 20 heavy (non-hydrogen) atoms. The van der Waals surface area contributed by atoms with E-state index in [-0.39, 0.29) is 23.4 Å². The normalized spacial score (nSPS) is 25.2. The molecule has 1 amide bonds. The average Bonchev–Trinajstić information content (AvgIpc) is 2.81. The van der Waals surface area contributed by atoms with Gasteiger partial charge in [0.2, 0.25) is 5.91 Å². The second kappa shape index (κ2) is 4.70. The number of nitrogens with zero attached hydrogens (tertiary/aromatic N) is 1. The van der Waals surface area contributed by atoms with Gasteiger partial charge in [-0.1, -0.05) is 0 Å². The zero-order chi connectivity index (χ0) is 14.3. The molecule has 2 saturated heterocycles. The highest BCUT2D eigenvalue weighted by Crippen LogP contribution is 2.34. The molecule has 0 radical (unpaired) electrons. The Balaban J connectivity index is 2.00. The Morgan fingerprint density at radius 1 is 1.45 bits per heavy atom. The molecule has 0 spiro atoms. The van der Waals surface area contributed by atoms with Crippen LogP contribution < -0.4 is 16.0 Å². The number of nitrogens with one attached hydrogen (secondary N) is 1. The SMILES string of the molecule is Nc1ccc(N2CCCC3C(=O)NCC32)c(C(=O)O)c1. The van der Waals surface area contributed by atoms with Crippen LogP contribution in [0, 0.1) is 5.92 Å². The molecule has 4 N–H and O–H groups in total. The Bertz CT molecular complexity index is 573. The Hall–Kier alpha value is -2.24. The molecule has 3 rings (SSSR count). The van der Waals surface area contributed by atoms with E-state index < -0.39 is 5.97 Å². The van der Waals surface area contributed by atoms with E-state index in [1.54, 1.807) is 12.1 Å². The van der Waals surface area contributed by atoms with Crippen LogP contribution in [0.3, 0.4) is 0 Å². The highest BCUT2D eigenvalue weighted by Gasteiger charge is 2.41. The van der Waals surface area contributed by atoms with Gasteiger partial charge in [-0.05, 0) is 31.0 Å². The van der Waals surface area contributed by atoms with Crippen molar-refractivity contribution in [3.63, 3.8) is 0 Å². The molecule has 1 aromatic carbocycles. The summed E-state index contributed by atoms with van der Waals surface area (Å²) in [6.07, 6.45) is 1.75. The highest BCUT2D eigenvalue weighted by molar-refractivity contribution is 5.96. The van der Waals surface area contributed by atoms with Gasteiger partial charge in [0.25, 0.3) is 0 Å². The van der Waals surface area contributed by atoms with Crippen LogP contribution >= 0.6 is 0 Å². The maximum atomic E-state index is 11.8. The molecule has 0 aliphatic carbocycles. The van der Waals surface area contributed by atoms with Gasteiger partial charge in [0.15, 0.2) is 0 Å². The first-order chi connectivity index (χ1) is 9.58. The van der Waals surface area contributed by atoms with Gasteiger partial charge in [0.05, 0.1) is 23.2 Å². The van der Waals surface area contributed by atoms with Crippen molar-refractivity contribution < 1.29 is 14.7 Å². The number of benzene rings is 1. The van der Waals surface area contributed by atoms with E-state index in [1.165, 1.54) is 6.07 Å². The molecule has 2 unspecified atom stereocenters. The van der Waals surface area contributed by atoms with Gasteiger partial charge in [0, 0.05) is 18.8 Å². The summed E-state index contributed by atoms with van der Waals surface area (Å²) in [7, 11) is 0. The molecular formula is C14H17N3O3. The fourth-order valence-corrected chi connectivity index (χ4v) is 3.23. The summed E-state index contributed by atoms with van der Waals surface area (Å²) >= 11 is 0. The number of carbonyl (C=O) groups excluding carboxylic acids is 1. The van der Waals surface area contributed by atoms with Crippen LogP contribution in [0.1, 0.15) is 23.2 Å². The monoisotopic (exact) mass is 275 g/mol. The minimum atomic E-state index is -0.994. The molecule has 0 bridgehead atoms. The van der Waals surface area contributed by atoms with E-state index in [1.807, 2.05) is 4.90 Å². The fraction of sp³-hybridized carbons (Fsp3) is 0.429. The fourth-order valence-electron chi connectivity index (χ4n) is 3.23. The second-order valence-electron chi connectivity index (χ2n) is 5.34. The third-order valence-corrected chi connectivity index (χ3v) is 4.16. The van der Waals surface area contributed by atoms with Crippen molar-refractivity contribution in [3.8, 4) is 0 Å².